The molecule has 0 unspecified atom stereocenters. The highest BCUT2D eigenvalue weighted by atomic mass is 19.4. The number of nitrogens with one attached hydrogen (secondary N) is 3. The molecule has 0 aromatic heterocycles. The molecule has 2 aromatic rings. The number of carbonyl (C=O) groups is 12. The minimum atomic E-state index is -4.63. The molecule has 6 aliphatic rings. The SMILES string of the molecule is CC[C@H](C)[C@H]1NC(=O)[C@H](CC(C)C)N(C)C(=O)C[C@@H](C(=O)N2CCOCC2)N(C)C(=O)[C@H](C2CCCC2)N(C)C(=O)C2(CCCC2)NC(=O)[C@@H]2CCCN2C(=O)[C@H](CCc2ccc(C(F)(F)F)cc2)NC(=O)CN(C)C(=O)[C@H](Cc2ccccc2)N2CCCC[C@@H](C2=O)N(C)C(=O)CN(C)C1=O. The summed E-state index contributed by atoms with van der Waals surface area (Å²) in [6.07, 6.45) is 0.586. The van der Waals surface area contributed by atoms with Gasteiger partial charge in [0.25, 0.3) is 0 Å². The topological polar surface area (TPSA) is 279 Å². The Morgan fingerprint density at radius 3 is 1.84 bits per heavy atom. The molecular weight excluding hydrogens is 1320 g/mol. The minimum absolute atomic E-state index is 0.00873. The third kappa shape index (κ3) is 19.2. The van der Waals surface area contributed by atoms with Gasteiger partial charge in [0, 0.05) is 74.9 Å². The molecule has 0 radical (unpaired) electrons. The van der Waals surface area contributed by atoms with Crippen LogP contribution in [0.2, 0.25) is 0 Å². The van der Waals surface area contributed by atoms with Gasteiger partial charge in [0.1, 0.15) is 53.9 Å². The van der Waals surface area contributed by atoms with Gasteiger partial charge in [-0.2, -0.15) is 13.2 Å². The van der Waals surface area contributed by atoms with Gasteiger partial charge in [-0.25, -0.2) is 0 Å². The highest BCUT2D eigenvalue weighted by Crippen LogP contribution is 2.38. The van der Waals surface area contributed by atoms with Gasteiger partial charge in [0.2, 0.25) is 70.9 Å². The summed E-state index contributed by atoms with van der Waals surface area (Å²) >= 11 is 0. The van der Waals surface area contributed by atoms with Gasteiger partial charge in [-0.05, 0) is 118 Å². The average molecular weight is 1430 g/mol. The molecule has 102 heavy (non-hydrogen) atoms. The van der Waals surface area contributed by atoms with Crippen molar-refractivity contribution in [2.24, 2.45) is 17.8 Å². The highest BCUT2D eigenvalue weighted by Gasteiger charge is 2.52. The van der Waals surface area contributed by atoms with E-state index in [0.717, 1.165) is 29.9 Å². The van der Waals surface area contributed by atoms with Gasteiger partial charge in [0.05, 0.1) is 38.3 Å². The van der Waals surface area contributed by atoms with E-state index in [9.17, 15) is 32.3 Å². The molecular formula is C74H107F3N12O13. The van der Waals surface area contributed by atoms with E-state index in [0.29, 0.717) is 62.5 Å². The highest BCUT2D eigenvalue weighted by molar-refractivity contribution is 6.01. The number of likely N-dealkylation sites (N-methyl/N-ethyl adjacent to an activating group) is 6. The lowest BCUT2D eigenvalue weighted by Gasteiger charge is -2.42. The molecule has 2 aliphatic carbocycles. The summed E-state index contributed by atoms with van der Waals surface area (Å²) in [4.78, 5) is 193. The van der Waals surface area contributed by atoms with E-state index in [-0.39, 0.29) is 96.7 Å². The normalized spacial score (nSPS) is 26.8. The Labute approximate surface area is 597 Å². The first-order chi connectivity index (χ1) is 48.4. The quantitative estimate of drug-likeness (QED) is 0.281. The van der Waals surface area contributed by atoms with E-state index in [1.54, 1.807) is 37.3 Å². The van der Waals surface area contributed by atoms with E-state index in [4.69, 9.17) is 4.74 Å². The smallest absolute Gasteiger partial charge is 0.378 e. The molecule has 25 nitrogen and oxygen atoms in total. The second-order valence-electron chi connectivity index (χ2n) is 29.5. The predicted molar refractivity (Wildman–Crippen MR) is 372 cm³/mol. The number of ether oxygens (including phenoxy) is 1. The Balaban J connectivity index is 1.19. The maximum atomic E-state index is 15.7. The van der Waals surface area contributed by atoms with Crippen LogP contribution in [-0.4, -0.2) is 264 Å². The van der Waals surface area contributed by atoms with Gasteiger partial charge in [0.15, 0.2) is 0 Å². The molecule has 8 rings (SSSR count). The molecule has 562 valence electrons. The van der Waals surface area contributed by atoms with Crippen molar-refractivity contribution >= 4 is 70.9 Å². The van der Waals surface area contributed by atoms with Crippen molar-refractivity contribution in [2.45, 2.75) is 210 Å². The van der Waals surface area contributed by atoms with Gasteiger partial charge < -0.3 is 64.8 Å². The van der Waals surface area contributed by atoms with Crippen molar-refractivity contribution in [2.75, 3.05) is 94.8 Å². The van der Waals surface area contributed by atoms with Crippen molar-refractivity contribution in [1.29, 1.82) is 0 Å². The maximum absolute atomic E-state index is 15.7. The summed E-state index contributed by atoms with van der Waals surface area (Å²) in [5.41, 5.74) is -1.39. The van der Waals surface area contributed by atoms with E-state index < -0.39 is 168 Å². The van der Waals surface area contributed by atoms with Gasteiger partial charge in [-0.15, -0.1) is 0 Å². The Bertz CT molecular complexity index is 3320. The van der Waals surface area contributed by atoms with Crippen LogP contribution < -0.4 is 16.0 Å². The number of benzene rings is 2. The Morgan fingerprint density at radius 1 is 0.598 bits per heavy atom. The van der Waals surface area contributed by atoms with Crippen LogP contribution in [0, 0.1) is 17.8 Å². The molecule has 2 saturated carbocycles. The lowest BCUT2D eigenvalue weighted by atomic mass is 9.90. The standard InChI is InChI=1S/C74H107F3N12O13/c1-11-48(4)62-70(99)82(6)46-61(92)83(7)55-26-17-20-36-89(69(55)98)58(43-50-22-13-12-14-23-50)67(96)81(5)45-59(90)78-53(33-30-49-28-31-52(32-29-49)74(75,76)77)66(95)88-37-21-27-54(88)65(94)80-73(34-18-19-35-73)72(101)86(10)63(51-24-15-16-25-51)71(100)85(9)57(68(97)87-38-40-102-41-39-87)44-60(91)84(8)56(42-47(2)3)64(93)79-62/h12-14,22-23,28-29,31-32,47-48,51,53-58,62-63H,11,15-21,24-27,30,33-46H2,1-10H3,(H,78,90)(H,79,93)(H,80,94)/t48-,53-,54-,55-,56-,57-,58-,62+,63-/m0/s1. The number of fused-ring (bicyclic) bond motifs is 3. The molecule has 28 heteroatoms. The van der Waals surface area contributed by atoms with E-state index in [1.165, 1.54) is 93.6 Å². The fraction of sp³-hybridized carbons (Fsp3) is 0.676. The van der Waals surface area contributed by atoms with Crippen LogP contribution in [0.15, 0.2) is 54.6 Å². The average Bonchev–Trinajstić information content (AvgIpc) is 1.49. The number of nitrogens with zero attached hydrogens (tertiary/aromatic N) is 9. The first kappa shape index (κ1) is 79.5. The number of amides is 12. The van der Waals surface area contributed by atoms with Crippen molar-refractivity contribution < 1.29 is 75.4 Å². The third-order valence-electron chi connectivity index (χ3n) is 22.0. The maximum Gasteiger partial charge on any atom is 0.416 e. The zero-order valence-electron chi connectivity index (χ0n) is 61.1. The summed E-state index contributed by atoms with van der Waals surface area (Å²) in [6, 6.07) is 3.29. The van der Waals surface area contributed by atoms with Crippen LogP contribution in [0.5, 0.6) is 0 Å². The number of halogens is 3. The largest absolute Gasteiger partial charge is 0.416 e. The molecule has 1 spiro atoms. The molecule has 2 aromatic carbocycles. The van der Waals surface area contributed by atoms with E-state index >= 15 is 38.4 Å². The number of alkyl halides is 3. The summed E-state index contributed by atoms with van der Waals surface area (Å²) < 4.78 is 46.8. The predicted octanol–water partition coefficient (Wildman–Crippen LogP) is 4.42. The van der Waals surface area contributed by atoms with Gasteiger partial charge in [-0.1, -0.05) is 102 Å². The van der Waals surface area contributed by atoms with Crippen molar-refractivity contribution in [1.82, 2.24) is 60.0 Å². The summed E-state index contributed by atoms with van der Waals surface area (Å²) in [5, 5.41) is 8.79. The second-order valence-corrected chi connectivity index (χ2v) is 29.5. The number of carbonyl (C=O) groups excluding carboxylic acids is 12. The van der Waals surface area contributed by atoms with Crippen molar-refractivity contribution in [3.8, 4) is 0 Å². The van der Waals surface area contributed by atoms with Crippen LogP contribution in [0.4, 0.5) is 13.2 Å². The molecule has 2 bridgehead atoms. The van der Waals surface area contributed by atoms with E-state index in [1.807, 2.05) is 20.8 Å². The number of hydrogen-bond donors (Lipinski definition) is 3. The Morgan fingerprint density at radius 2 is 1.22 bits per heavy atom. The van der Waals surface area contributed by atoms with Crippen molar-refractivity contribution in [3.63, 3.8) is 0 Å². The molecule has 4 saturated heterocycles. The number of morpholine rings is 1. The molecule has 4 aliphatic heterocycles. The third-order valence-corrected chi connectivity index (χ3v) is 22.0. The zero-order chi connectivity index (χ0) is 74.5. The molecule has 6 fully saturated rings. The monoisotopic (exact) mass is 1430 g/mol. The van der Waals surface area contributed by atoms with Crippen molar-refractivity contribution in [3.05, 3.63) is 71.3 Å². The number of hydrogen-bond acceptors (Lipinski definition) is 13. The summed E-state index contributed by atoms with van der Waals surface area (Å²) in [5.74, 6) is -8.85. The van der Waals surface area contributed by atoms with Crippen LogP contribution in [-0.2, 0) is 81.3 Å². The van der Waals surface area contributed by atoms with Gasteiger partial charge >= 0.3 is 6.18 Å². The van der Waals surface area contributed by atoms with Crippen LogP contribution in [0.25, 0.3) is 0 Å². The van der Waals surface area contributed by atoms with E-state index in [2.05, 4.69) is 16.0 Å². The number of rotatable bonds is 11. The van der Waals surface area contributed by atoms with Crippen LogP contribution in [0.1, 0.15) is 154 Å². The Kier molecular flexibility index (Phi) is 27.6. The lowest BCUT2D eigenvalue weighted by molar-refractivity contribution is -0.157. The minimum Gasteiger partial charge on any atom is -0.378 e. The van der Waals surface area contributed by atoms with Crippen LogP contribution >= 0.6 is 0 Å². The molecule has 12 amide bonds. The molecule has 9 atom stereocenters. The molecule has 4 heterocycles. The number of aryl methyl sites for hydroxylation is 1. The van der Waals surface area contributed by atoms with Crippen LogP contribution in [0.3, 0.4) is 0 Å². The summed E-state index contributed by atoms with van der Waals surface area (Å²) in [6.45, 7) is 6.99. The molecule has 3 N–H and O–H groups in total. The lowest BCUT2D eigenvalue weighted by Crippen LogP contribution is -2.65. The van der Waals surface area contributed by atoms with Gasteiger partial charge in [-0.3, -0.25) is 57.5 Å². The zero-order valence-corrected chi connectivity index (χ0v) is 61.1. The fourth-order valence-electron chi connectivity index (χ4n) is 15.6. The summed E-state index contributed by atoms with van der Waals surface area (Å²) in [7, 11) is 8.60. The second kappa shape index (κ2) is 35.3. The fourth-order valence-corrected chi connectivity index (χ4v) is 15.6. The Hall–Kier alpha value is -8.17. The first-order valence-electron chi connectivity index (χ1n) is 36.5. The first-order valence-corrected chi connectivity index (χ1v) is 36.5.